The van der Waals surface area contributed by atoms with Crippen LogP contribution in [0.2, 0.25) is 5.02 Å². The molecule has 2 aromatic heterocycles. The van der Waals surface area contributed by atoms with Gasteiger partial charge in [0, 0.05) is 24.5 Å². The van der Waals surface area contributed by atoms with E-state index in [1.807, 2.05) is 49.8 Å². The Hall–Kier alpha value is -1.10. The lowest BCUT2D eigenvalue weighted by Crippen LogP contribution is -2.43. The molecule has 0 spiro atoms. The highest BCUT2D eigenvalue weighted by molar-refractivity contribution is 6.30. The monoisotopic (exact) mass is 267 g/mol. The Morgan fingerprint density at radius 2 is 2.11 bits per heavy atom. The highest BCUT2D eigenvalue weighted by atomic mass is 35.5. The lowest BCUT2D eigenvalue weighted by Gasteiger charge is -2.33. The number of imidazole rings is 1. The highest BCUT2D eigenvalue weighted by Crippen LogP contribution is 2.16. The van der Waals surface area contributed by atoms with Crippen molar-refractivity contribution in [1.82, 2.24) is 14.3 Å². The summed E-state index contributed by atoms with van der Waals surface area (Å²) in [6, 6.07) is 3.72. The summed E-state index contributed by atoms with van der Waals surface area (Å²) in [6.45, 7) is 4.80. The molecule has 0 fully saturated rings. The molecule has 0 atom stereocenters. The van der Waals surface area contributed by atoms with Crippen LogP contribution >= 0.6 is 11.6 Å². The third-order valence-corrected chi connectivity index (χ3v) is 3.51. The molecule has 0 aromatic carbocycles. The topological polar surface area (TPSA) is 40.8 Å². The second-order valence-corrected chi connectivity index (χ2v) is 5.61. The average molecular weight is 268 g/mol. The first kappa shape index (κ1) is 13.3. The lowest BCUT2D eigenvalue weighted by molar-refractivity contribution is 0.0726. The summed E-state index contributed by atoms with van der Waals surface area (Å²) >= 11 is 5.94. The molecule has 5 heteroatoms. The summed E-state index contributed by atoms with van der Waals surface area (Å²) in [5, 5.41) is 10.0. The largest absolute Gasteiger partial charge is 0.394 e. The van der Waals surface area contributed by atoms with E-state index in [0.29, 0.717) is 11.6 Å². The van der Waals surface area contributed by atoms with E-state index in [2.05, 4.69) is 9.88 Å². The molecule has 0 amide bonds. The molecule has 2 heterocycles. The van der Waals surface area contributed by atoms with Crippen LogP contribution in [0.5, 0.6) is 0 Å². The van der Waals surface area contributed by atoms with Crippen LogP contribution in [0.15, 0.2) is 24.5 Å². The number of aliphatic hydroxyl groups is 1. The molecular weight excluding hydrogens is 250 g/mol. The van der Waals surface area contributed by atoms with Crippen LogP contribution in [0.25, 0.3) is 5.65 Å². The van der Waals surface area contributed by atoms with Crippen molar-refractivity contribution in [3.63, 3.8) is 0 Å². The Bertz CT molecular complexity index is 550. The minimum atomic E-state index is -0.257. The maximum absolute atomic E-state index is 9.33. The van der Waals surface area contributed by atoms with Crippen molar-refractivity contribution in [3.8, 4) is 0 Å². The molecule has 0 bridgehead atoms. The number of fused-ring (bicyclic) bond motifs is 1. The van der Waals surface area contributed by atoms with Gasteiger partial charge in [0.1, 0.15) is 5.65 Å². The van der Waals surface area contributed by atoms with E-state index in [0.717, 1.165) is 11.3 Å². The lowest BCUT2D eigenvalue weighted by atomic mass is 10.1. The molecule has 2 aromatic rings. The van der Waals surface area contributed by atoms with E-state index in [-0.39, 0.29) is 12.1 Å². The van der Waals surface area contributed by atoms with Crippen molar-refractivity contribution in [3.05, 3.63) is 35.2 Å². The van der Waals surface area contributed by atoms with E-state index in [4.69, 9.17) is 11.6 Å². The quantitative estimate of drug-likeness (QED) is 0.923. The predicted molar refractivity (Wildman–Crippen MR) is 72.8 cm³/mol. The van der Waals surface area contributed by atoms with Gasteiger partial charge in [0.25, 0.3) is 0 Å². The first-order valence-electron chi connectivity index (χ1n) is 5.87. The van der Waals surface area contributed by atoms with Gasteiger partial charge in [-0.1, -0.05) is 11.6 Å². The number of hydrogen-bond acceptors (Lipinski definition) is 3. The number of likely N-dealkylation sites (N-methyl/N-ethyl adjacent to an activating group) is 1. The molecule has 18 heavy (non-hydrogen) atoms. The van der Waals surface area contributed by atoms with Gasteiger partial charge in [-0.3, -0.25) is 4.90 Å². The van der Waals surface area contributed by atoms with Crippen LogP contribution in [0.3, 0.4) is 0 Å². The number of aliphatic hydroxyl groups excluding tert-OH is 1. The fourth-order valence-corrected chi connectivity index (χ4v) is 1.84. The van der Waals surface area contributed by atoms with Crippen LogP contribution in [-0.2, 0) is 6.54 Å². The number of rotatable bonds is 4. The maximum atomic E-state index is 9.33. The third kappa shape index (κ3) is 2.66. The Balaban J connectivity index is 2.22. The van der Waals surface area contributed by atoms with Crippen molar-refractivity contribution >= 4 is 17.2 Å². The molecule has 0 saturated heterocycles. The molecule has 0 radical (unpaired) electrons. The number of aromatic nitrogens is 2. The van der Waals surface area contributed by atoms with Crippen LogP contribution in [0.4, 0.5) is 0 Å². The van der Waals surface area contributed by atoms with Gasteiger partial charge in [0.05, 0.1) is 17.3 Å². The smallest absolute Gasteiger partial charge is 0.137 e. The van der Waals surface area contributed by atoms with E-state index in [1.165, 1.54) is 0 Å². The van der Waals surface area contributed by atoms with E-state index < -0.39 is 0 Å². The summed E-state index contributed by atoms with van der Waals surface area (Å²) < 4.78 is 1.91. The van der Waals surface area contributed by atoms with Crippen LogP contribution in [0, 0.1) is 0 Å². The normalized spacial score (nSPS) is 12.6. The molecular formula is C13H18ClN3O. The fraction of sp³-hybridized carbons (Fsp3) is 0.462. The Labute approximate surface area is 112 Å². The molecule has 0 aliphatic rings. The van der Waals surface area contributed by atoms with E-state index in [1.54, 1.807) is 0 Å². The number of hydrogen-bond donors (Lipinski definition) is 1. The summed E-state index contributed by atoms with van der Waals surface area (Å²) in [7, 11) is 1.98. The van der Waals surface area contributed by atoms with E-state index >= 15 is 0 Å². The van der Waals surface area contributed by atoms with Crippen molar-refractivity contribution < 1.29 is 5.11 Å². The molecule has 4 nitrogen and oxygen atoms in total. The Morgan fingerprint density at radius 3 is 2.78 bits per heavy atom. The zero-order chi connectivity index (χ0) is 13.3. The number of pyridine rings is 1. The van der Waals surface area contributed by atoms with Gasteiger partial charge in [0.2, 0.25) is 0 Å². The van der Waals surface area contributed by atoms with Crippen molar-refractivity contribution in [1.29, 1.82) is 0 Å². The van der Waals surface area contributed by atoms with Gasteiger partial charge in [-0.25, -0.2) is 4.98 Å². The zero-order valence-electron chi connectivity index (χ0n) is 10.9. The van der Waals surface area contributed by atoms with Gasteiger partial charge >= 0.3 is 0 Å². The summed E-state index contributed by atoms with van der Waals surface area (Å²) in [4.78, 5) is 6.60. The fourth-order valence-electron chi connectivity index (χ4n) is 1.67. The Morgan fingerprint density at radius 1 is 1.39 bits per heavy atom. The third-order valence-electron chi connectivity index (χ3n) is 3.28. The minimum absolute atomic E-state index is 0.114. The highest BCUT2D eigenvalue weighted by Gasteiger charge is 2.23. The second-order valence-electron chi connectivity index (χ2n) is 5.17. The van der Waals surface area contributed by atoms with Gasteiger partial charge in [-0.2, -0.15) is 0 Å². The first-order valence-corrected chi connectivity index (χ1v) is 6.25. The molecule has 2 rings (SSSR count). The number of nitrogens with zero attached hydrogens (tertiary/aromatic N) is 3. The summed E-state index contributed by atoms with van der Waals surface area (Å²) in [5.74, 6) is 0. The zero-order valence-corrected chi connectivity index (χ0v) is 11.6. The molecule has 0 aliphatic heterocycles. The molecule has 0 aliphatic carbocycles. The SMILES string of the molecule is CN(Cc1cn2cc(Cl)ccc2n1)C(C)(C)CO. The average Bonchev–Trinajstić information content (AvgIpc) is 2.70. The van der Waals surface area contributed by atoms with Crippen LogP contribution < -0.4 is 0 Å². The molecule has 1 N–H and O–H groups in total. The van der Waals surface area contributed by atoms with Crippen LogP contribution in [-0.4, -0.2) is 38.6 Å². The maximum Gasteiger partial charge on any atom is 0.137 e. The predicted octanol–water partition coefficient (Wildman–Crippen LogP) is 2.19. The van der Waals surface area contributed by atoms with Gasteiger partial charge in [-0.05, 0) is 33.0 Å². The minimum Gasteiger partial charge on any atom is -0.394 e. The summed E-state index contributed by atoms with van der Waals surface area (Å²) in [5.41, 5.74) is 1.58. The van der Waals surface area contributed by atoms with Gasteiger partial charge in [0.15, 0.2) is 0 Å². The van der Waals surface area contributed by atoms with Crippen molar-refractivity contribution in [2.75, 3.05) is 13.7 Å². The first-order chi connectivity index (χ1) is 8.42. The second kappa shape index (κ2) is 4.88. The molecule has 0 unspecified atom stereocenters. The number of halogens is 1. The van der Waals surface area contributed by atoms with Crippen molar-refractivity contribution in [2.45, 2.75) is 25.9 Å². The van der Waals surface area contributed by atoms with E-state index in [9.17, 15) is 5.11 Å². The Kier molecular flexibility index (Phi) is 3.61. The van der Waals surface area contributed by atoms with Crippen LogP contribution in [0.1, 0.15) is 19.5 Å². The molecule has 98 valence electrons. The summed E-state index contributed by atoms with van der Waals surface area (Å²) in [6.07, 6.45) is 3.80. The van der Waals surface area contributed by atoms with Gasteiger partial charge < -0.3 is 9.51 Å². The van der Waals surface area contributed by atoms with Gasteiger partial charge in [-0.15, -0.1) is 0 Å². The van der Waals surface area contributed by atoms with Crippen molar-refractivity contribution in [2.24, 2.45) is 0 Å². The standard InChI is InChI=1S/C13H18ClN3O/c1-13(2,9-18)16(3)7-11-8-17-6-10(14)4-5-12(17)15-11/h4-6,8,18H,7,9H2,1-3H3. The molecule has 0 saturated carbocycles.